The molecule has 1 aromatic carbocycles. The molecule has 2 aliphatic heterocycles. The van der Waals surface area contributed by atoms with Crippen LogP contribution in [0.3, 0.4) is 0 Å². The second kappa shape index (κ2) is 9.54. The quantitative estimate of drug-likeness (QED) is 0.407. The molecule has 170 valence electrons. The van der Waals surface area contributed by atoms with E-state index in [1.807, 2.05) is 47.2 Å². The van der Waals surface area contributed by atoms with Gasteiger partial charge in [0.2, 0.25) is 5.91 Å². The number of para-hydroxylation sites is 1. The molecular formula is C24H23N3O4S2. The van der Waals surface area contributed by atoms with E-state index in [4.69, 9.17) is 21.4 Å². The number of thiocarbonyl (C=S) groups is 1. The van der Waals surface area contributed by atoms with Gasteiger partial charge in [-0.15, -0.1) is 0 Å². The minimum absolute atomic E-state index is 0.0495. The highest BCUT2D eigenvalue weighted by molar-refractivity contribution is 8.26. The Morgan fingerprint density at radius 3 is 2.94 bits per heavy atom. The largest absolute Gasteiger partial charge is 0.467 e. The first-order valence-corrected chi connectivity index (χ1v) is 12.0. The topological polar surface area (TPSA) is 76.7 Å². The van der Waals surface area contributed by atoms with Crippen molar-refractivity contribution in [3.05, 3.63) is 65.1 Å². The van der Waals surface area contributed by atoms with Crippen molar-refractivity contribution in [2.75, 3.05) is 13.2 Å². The lowest BCUT2D eigenvalue weighted by Gasteiger charge is -2.18. The fourth-order valence-corrected chi connectivity index (χ4v) is 5.39. The minimum Gasteiger partial charge on any atom is -0.467 e. The SMILES string of the molecule is O=C(Cn1cc(/C=C2\SC(=S)N(C[C@@H]3CCCO3)C2=O)c2ccccc21)NCc1ccco1. The number of nitrogens with one attached hydrogen (secondary N) is 1. The molecule has 2 aromatic heterocycles. The number of fused-ring (bicyclic) bond motifs is 1. The van der Waals surface area contributed by atoms with Crippen LogP contribution in [0.15, 0.2) is 58.2 Å². The van der Waals surface area contributed by atoms with Crippen LogP contribution in [0.5, 0.6) is 0 Å². The number of amides is 2. The van der Waals surface area contributed by atoms with Gasteiger partial charge in [-0.05, 0) is 37.1 Å². The van der Waals surface area contributed by atoms with Crippen molar-refractivity contribution in [2.45, 2.75) is 32.0 Å². The van der Waals surface area contributed by atoms with Crippen molar-refractivity contribution < 1.29 is 18.7 Å². The molecule has 2 fully saturated rings. The molecule has 1 atom stereocenters. The lowest BCUT2D eigenvalue weighted by atomic mass is 10.1. The minimum atomic E-state index is -0.124. The van der Waals surface area contributed by atoms with Gasteiger partial charge >= 0.3 is 0 Å². The zero-order valence-corrected chi connectivity index (χ0v) is 19.5. The van der Waals surface area contributed by atoms with Crippen LogP contribution in [-0.4, -0.2) is 44.9 Å². The first kappa shape index (κ1) is 21.9. The van der Waals surface area contributed by atoms with Crippen LogP contribution in [-0.2, 0) is 27.4 Å². The van der Waals surface area contributed by atoms with Crippen LogP contribution in [0.1, 0.15) is 24.2 Å². The molecule has 0 saturated carbocycles. The van der Waals surface area contributed by atoms with Crippen LogP contribution in [0.2, 0.25) is 0 Å². The van der Waals surface area contributed by atoms with Gasteiger partial charge in [0.15, 0.2) is 0 Å². The molecule has 0 radical (unpaired) electrons. The van der Waals surface area contributed by atoms with Gasteiger partial charge in [-0.1, -0.05) is 42.2 Å². The Kier molecular flexibility index (Phi) is 6.34. The molecule has 2 amide bonds. The van der Waals surface area contributed by atoms with Crippen molar-refractivity contribution in [3.63, 3.8) is 0 Å². The lowest BCUT2D eigenvalue weighted by Crippen LogP contribution is -2.35. The fraction of sp³-hybridized carbons (Fsp3) is 0.292. The number of carbonyl (C=O) groups is 2. The maximum absolute atomic E-state index is 13.0. The van der Waals surface area contributed by atoms with Gasteiger partial charge in [-0.2, -0.15) is 0 Å². The molecule has 0 spiro atoms. The molecule has 33 heavy (non-hydrogen) atoms. The Bertz CT molecular complexity index is 1230. The molecule has 7 nitrogen and oxygen atoms in total. The normalized spacial score (nSPS) is 19.8. The van der Waals surface area contributed by atoms with Crippen LogP contribution < -0.4 is 5.32 Å². The van der Waals surface area contributed by atoms with E-state index in [0.717, 1.165) is 35.9 Å². The summed E-state index contributed by atoms with van der Waals surface area (Å²) in [5, 5.41) is 3.84. The molecule has 0 aliphatic carbocycles. The van der Waals surface area contributed by atoms with Crippen LogP contribution in [0, 0.1) is 0 Å². The highest BCUT2D eigenvalue weighted by Crippen LogP contribution is 2.35. The number of rotatable bonds is 7. The Balaban J connectivity index is 1.35. The molecular weight excluding hydrogens is 458 g/mol. The molecule has 2 aliphatic rings. The summed E-state index contributed by atoms with van der Waals surface area (Å²) in [6.07, 6.45) is 7.37. The average molecular weight is 482 g/mol. The highest BCUT2D eigenvalue weighted by Gasteiger charge is 2.34. The molecule has 4 heterocycles. The van der Waals surface area contributed by atoms with Gasteiger partial charge in [-0.3, -0.25) is 14.5 Å². The maximum atomic E-state index is 13.0. The molecule has 0 bridgehead atoms. The Morgan fingerprint density at radius 2 is 2.15 bits per heavy atom. The van der Waals surface area contributed by atoms with E-state index in [0.29, 0.717) is 28.1 Å². The van der Waals surface area contributed by atoms with Gasteiger partial charge in [0.1, 0.15) is 16.6 Å². The zero-order valence-electron chi connectivity index (χ0n) is 17.9. The fourth-order valence-electron chi connectivity index (χ4n) is 4.12. The van der Waals surface area contributed by atoms with E-state index in [-0.39, 0.29) is 24.5 Å². The predicted octanol–water partition coefficient (Wildman–Crippen LogP) is 3.93. The standard InChI is InChI=1S/C24H23N3O4S2/c28-22(25-12-17-5-3-9-30-17)15-26-13-16(19-7-1-2-8-20(19)26)11-21-23(29)27(24(32)33-21)14-18-6-4-10-31-18/h1-3,5,7-9,11,13,18H,4,6,10,12,14-15H2,(H,25,28)/b21-11-/t18-/m0/s1. The van der Waals surface area contributed by atoms with Gasteiger partial charge in [0, 0.05) is 29.3 Å². The van der Waals surface area contributed by atoms with Crippen molar-refractivity contribution in [2.24, 2.45) is 0 Å². The van der Waals surface area contributed by atoms with Gasteiger partial charge in [0.05, 0.1) is 30.4 Å². The van der Waals surface area contributed by atoms with Crippen LogP contribution in [0.25, 0.3) is 17.0 Å². The molecule has 2 saturated heterocycles. The van der Waals surface area contributed by atoms with E-state index in [1.165, 1.54) is 11.8 Å². The van der Waals surface area contributed by atoms with E-state index < -0.39 is 0 Å². The second-order valence-electron chi connectivity index (χ2n) is 8.01. The number of furan rings is 1. The van der Waals surface area contributed by atoms with Crippen molar-refractivity contribution in [1.82, 2.24) is 14.8 Å². The van der Waals surface area contributed by atoms with Crippen molar-refractivity contribution in [3.8, 4) is 0 Å². The monoisotopic (exact) mass is 481 g/mol. The van der Waals surface area contributed by atoms with Crippen molar-refractivity contribution in [1.29, 1.82) is 0 Å². The number of benzene rings is 1. The van der Waals surface area contributed by atoms with E-state index >= 15 is 0 Å². The molecule has 3 aromatic rings. The smallest absolute Gasteiger partial charge is 0.266 e. The average Bonchev–Trinajstić information content (AvgIpc) is 3.61. The summed E-state index contributed by atoms with van der Waals surface area (Å²) in [6, 6.07) is 11.4. The summed E-state index contributed by atoms with van der Waals surface area (Å²) in [7, 11) is 0. The second-order valence-corrected chi connectivity index (χ2v) is 9.69. The van der Waals surface area contributed by atoms with Crippen LogP contribution >= 0.6 is 24.0 Å². The number of hydrogen-bond acceptors (Lipinski definition) is 6. The highest BCUT2D eigenvalue weighted by atomic mass is 32.2. The molecule has 0 unspecified atom stereocenters. The predicted molar refractivity (Wildman–Crippen MR) is 131 cm³/mol. The summed E-state index contributed by atoms with van der Waals surface area (Å²) in [5.41, 5.74) is 1.80. The summed E-state index contributed by atoms with van der Waals surface area (Å²) >= 11 is 6.79. The van der Waals surface area contributed by atoms with Gasteiger partial charge in [0.25, 0.3) is 5.91 Å². The number of thioether (sulfide) groups is 1. The Morgan fingerprint density at radius 1 is 1.27 bits per heavy atom. The number of ether oxygens (including phenoxy) is 1. The summed E-state index contributed by atoms with van der Waals surface area (Å²) in [5.74, 6) is 0.488. The number of nitrogens with zero attached hydrogens (tertiary/aromatic N) is 2. The lowest BCUT2D eigenvalue weighted by molar-refractivity contribution is -0.123. The number of carbonyl (C=O) groups excluding carboxylic acids is 2. The first-order valence-electron chi connectivity index (χ1n) is 10.8. The number of aromatic nitrogens is 1. The third-order valence-corrected chi connectivity index (χ3v) is 7.12. The van der Waals surface area contributed by atoms with E-state index in [9.17, 15) is 9.59 Å². The number of hydrogen-bond donors (Lipinski definition) is 1. The zero-order chi connectivity index (χ0) is 22.8. The van der Waals surface area contributed by atoms with E-state index in [1.54, 1.807) is 17.2 Å². The maximum Gasteiger partial charge on any atom is 0.266 e. The Hall–Kier alpha value is -2.88. The third-order valence-electron chi connectivity index (χ3n) is 5.74. The molecule has 5 rings (SSSR count). The summed E-state index contributed by atoms with van der Waals surface area (Å²) in [4.78, 5) is 27.8. The van der Waals surface area contributed by atoms with Gasteiger partial charge in [-0.25, -0.2) is 0 Å². The summed E-state index contributed by atoms with van der Waals surface area (Å²) in [6.45, 7) is 1.74. The summed E-state index contributed by atoms with van der Waals surface area (Å²) < 4.78 is 13.4. The third kappa shape index (κ3) is 4.75. The van der Waals surface area contributed by atoms with Gasteiger partial charge < -0.3 is 19.0 Å². The van der Waals surface area contributed by atoms with E-state index in [2.05, 4.69) is 5.32 Å². The first-order chi connectivity index (χ1) is 16.1. The van der Waals surface area contributed by atoms with Crippen LogP contribution in [0.4, 0.5) is 0 Å². The van der Waals surface area contributed by atoms with Crippen molar-refractivity contribution >= 4 is 57.1 Å². The Labute approximate surface area is 200 Å². The molecule has 1 N–H and O–H groups in total. The molecule has 9 heteroatoms.